The molecule has 32 heavy (non-hydrogen) atoms. The Morgan fingerprint density at radius 2 is 1.88 bits per heavy atom. The number of carbonyl (C=O) groups is 1. The molecule has 3 aromatic rings. The predicted octanol–water partition coefficient (Wildman–Crippen LogP) is 6.34. The largest absolute Gasteiger partial charge is 0.378 e. The van der Waals surface area contributed by atoms with Crippen molar-refractivity contribution in [3.05, 3.63) is 86.7 Å². The lowest BCUT2D eigenvalue weighted by Crippen LogP contribution is -2.26. The predicted molar refractivity (Wildman–Crippen MR) is 131 cm³/mol. The molecule has 0 bridgehead atoms. The van der Waals surface area contributed by atoms with E-state index in [4.69, 9.17) is 23.2 Å². The molecule has 2 N–H and O–H groups in total. The number of nitrogens with one attached hydrogen (secondary N) is 1. The van der Waals surface area contributed by atoms with Gasteiger partial charge in [-0.3, -0.25) is 4.79 Å². The van der Waals surface area contributed by atoms with Crippen LogP contribution in [0.4, 0.5) is 5.69 Å². The van der Waals surface area contributed by atoms with E-state index in [-0.39, 0.29) is 5.41 Å². The molecule has 1 atom stereocenters. The third kappa shape index (κ3) is 4.73. The average Bonchev–Trinajstić information content (AvgIpc) is 2.98. The van der Waals surface area contributed by atoms with Gasteiger partial charge in [-0.25, -0.2) is 0 Å². The minimum Gasteiger partial charge on any atom is -0.378 e. The highest BCUT2D eigenvalue weighted by atomic mass is 35.5. The number of aliphatic hydroxyl groups is 1. The number of benzene rings is 2. The standard InChI is InChI=1S/C26H28Cl2N2O2/c1-16-23(24(31)25(32)29-20-6-4-5-19(28)13-20)21-14-26(2,3)12-11-22(21)30(16)15-17-7-9-18(27)10-8-17/h4-10,13,24,31H,11-12,14-15H2,1-3H3,(H,29,32). The van der Waals surface area contributed by atoms with Gasteiger partial charge in [0.2, 0.25) is 0 Å². The molecule has 1 amide bonds. The molecular weight excluding hydrogens is 443 g/mol. The van der Waals surface area contributed by atoms with Crippen molar-refractivity contribution in [1.82, 2.24) is 4.57 Å². The van der Waals surface area contributed by atoms with Crippen LogP contribution >= 0.6 is 23.2 Å². The van der Waals surface area contributed by atoms with Gasteiger partial charge in [-0.1, -0.05) is 55.2 Å². The van der Waals surface area contributed by atoms with Crippen molar-refractivity contribution in [3.63, 3.8) is 0 Å². The molecule has 1 aromatic heterocycles. The molecule has 4 rings (SSSR count). The van der Waals surface area contributed by atoms with E-state index < -0.39 is 12.0 Å². The first kappa shape index (κ1) is 22.9. The second-order valence-corrected chi connectivity index (χ2v) is 10.3. The maximum atomic E-state index is 13.0. The fraction of sp³-hybridized carbons (Fsp3) is 0.346. The van der Waals surface area contributed by atoms with E-state index in [0.29, 0.717) is 22.3 Å². The number of hydrogen-bond acceptors (Lipinski definition) is 2. The number of anilines is 1. The van der Waals surface area contributed by atoms with Crippen molar-refractivity contribution in [2.75, 3.05) is 5.32 Å². The van der Waals surface area contributed by atoms with Crippen LogP contribution in [0.2, 0.25) is 10.0 Å². The first-order valence-corrected chi connectivity index (χ1v) is 11.6. The van der Waals surface area contributed by atoms with E-state index in [0.717, 1.165) is 41.6 Å². The van der Waals surface area contributed by atoms with E-state index in [2.05, 4.69) is 23.7 Å². The summed E-state index contributed by atoms with van der Waals surface area (Å²) in [6.07, 6.45) is 1.55. The topological polar surface area (TPSA) is 54.3 Å². The van der Waals surface area contributed by atoms with Crippen molar-refractivity contribution in [1.29, 1.82) is 0 Å². The van der Waals surface area contributed by atoms with Gasteiger partial charge < -0.3 is 15.0 Å². The zero-order valence-corrected chi connectivity index (χ0v) is 20.1. The summed E-state index contributed by atoms with van der Waals surface area (Å²) in [5, 5.41) is 15.2. The van der Waals surface area contributed by atoms with E-state index in [1.54, 1.807) is 24.3 Å². The van der Waals surface area contributed by atoms with Gasteiger partial charge in [0.25, 0.3) is 5.91 Å². The van der Waals surface area contributed by atoms with Gasteiger partial charge in [0.05, 0.1) is 0 Å². The third-order valence-corrected chi connectivity index (χ3v) is 6.84. The van der Waals surface area contributed by atoms with Crippen molar-refractivity contribution in [3.8, 4) is 0 Å². The van der Waals surface area contributed by atoms with Crippen LogP contribution in [0.5, 0.6) is 0 Å². The minimum absolute atomic E-state index is 0.115. The van der Waals surface area contributed by atoms with Crippen LogP contribution in [0, 0.1) is 12.3 Å². The molecular formula is C26H28Cl2N2O2. The smallest absolute Gasteiger partial charge is 0.257 e. The molecule has 1 aliphatic rings. The fourth-order valence-electron chi connectivity index (χ4n) is 4.65. The highest BCUT2D eigenvalue weighted by molar-refractivity contribution is 6.31. The van der Waals surface area contributed by atoms with Crippen LogP contribution in [-0.2, 0) is 24.2 Å². The van der Waals surface area contributed by atoms with Crippen molar-refractivity contribution in [2.24, 2.45) is 5.41 Å². The normalized spacial score (nSPS) is 15.8. The SMILES string of the molecule is Cc1c(C(O)C(=O)Nc2cccc(Cl)c2)c2c(n1Cc1ccc(Cl)cc1)CCC(C)(C)C2. The average molecular weight is 471 g/mol. The van der Waals surface area contributed by atoms with Gasteiger partial charge in [0, 0.05) is 39.2 Å². The van der Waals surface area contributed by atoms with E-state index >= 15 is 0 Å². The van der Waals surface area contributed by atoms with Gasteiger partial charge in [0.1, 0.15) is 0 Å². The molecule has 168 valence electrons. The Balaban J connectivity index is 1.71. The van der Waals surface area contributed by atoms with Gasteiger partial charge in [-0.2, -0.15) is 0 Å². The zero-order chi connectivity index (χ0) is 23.0. The number of rotatable bonds is 5. The Morgan fingerprint density at radius 1 is 1.16 bits per heavy atom. The van der Waals surface area contributed by atoms with Crippen LogP contribution in [-0.4, -0.2) is 15.6 Å². The molecule has 1 heterocycles. The first-order valence-electron chi connectivity index (χ1n) is 10.8. The van der Waals surface area contributed by atoms with Gasteiger partial charge in [-0.15, -0.1) is 0 Å². The molecule has 1 unspecified atom stereocenters. The van der Waals surface area contributed by atoms with Crippen molar-refractivity contribution < 1.29 is 9.90 Å². The second kappa shape index (κ2) is 8.93. The summed E-state index contributed by atoms with van der Waals surface area (Å²) < 4.78 is 2.25. The van der Waals surface area contributed by atoms with Crippen LogP contribution in [0.15, 0.2) is 48.5 Å². The highest BCUT2D eigenvalue weighted by Crippen LogP contribution is 2.41. The van der Waals surface area contributed by atoms with Crippen molar-refractivity contribution >= 4 is 34.8 Å². The van der Waals surface area contributed by atoms with Crippen LogP contribution < -0.4 is 5.32 Å². The van der Waals surface area contributed by atoms with Crippen LogP contribution in [0.25, 0.3) is 0 Å². The molecule has 6 heteroatoms. The Labute approximate surface area is 199 Å². The molecule has 0 spiro atoms. The summed E-state index contributed by atoms with van der Waals surface area (Å²) in [5.74, 6) is -0.454. The summed E-state index contributed by atoms with van der Waals surface area (Å²) in [6, 6.07) is 14.7. The molecule has 4 nitrogen and oxygen atoms in total. The molecule has 0 saturated carbocycles. The number of amides is 1. The summed E-state index contributed by atoms with van der Waals surface area (Å²) in [6.45, 7) is 7.15. The summed E-state index contributed by atoms with van der Waals surface area (Å²) in [4.78, 5) is 13.0. The number of carbonyl (C=O) groups excluding carboxylic acids is 1. The molecule has 0 radical (unpaired) electrons. The number of nitrogens with zero attached hydrogens (tertiary/aromatic N) is 1. The Hall–Kier alpha value is -2.27. The summed E-state index contributed by atoms with van der Waals surface area (Å²) in [7, 11) is 0. The number of aliphatic hydroxyl groups excluding tert-OH is 1. The van der Waals surface area contributed by atoms with E-state index in [1.165, 1.54) is 5.69 Å². The van der Waals surface area contributed by atoms with Crippen molar-refractivity contribution in [2.45, 2.75) is 52.7 Å². The van der Waals surface area contributed by atoms with E-state index in [1.807, 2.05) is 31.2 Å². The Kier molecular flexibility index (Phi) is 6.39. The fourth-order valence-corrected chi connectivity index (χ4v) is 4.96. The summed E-state index contributed by atoms with van der Waals surface area (Å²) >= 11 is 12.1. The zero-order valence-electron chi connectivity index (χ0n) is 18.6. The molecule has 2 aromatic carbocycles. The monoisotopic (exact) mass is 470 g/mol. The molecule has 0 aliphatic heterocycles. The lowest BCUT2D eigenvalue weighted by Gasteiger charge is -2.31. The van der Waals surface area contributed by atoms with Gasteiger partial charge >= 0.3 is 0 Å². The molecule has 1 aliphatic carbocycles. The lowest BCUT2D eigenvalue weighted by molar-refractivity contribution is -0.124. The Bertz CT molecular complexity index is 1150. The Morgan fingerprint density at radius 3 is 2.56 bits per heavy atom. The maximum Gasteiger partial charge on any atom is 0.257 e. The third-order valence-electron chi connectivity index (χ3n) is 6.36. The number of halogens is 2. The quantitative estimate of drug-likeness (QED) is 0.456. The molecule has 0 fully saturated rings. The number of fused-ring (bicyclic) bond motifs is 1. The van der Waals surface area contributed by atoms with Gasteiger partial charge in [-0.05, 0) is 73.1 Å². The van der Waals surface area contributed by atoms with E-state index in [9.17, 15) is 9.90 Å². The number of hydrogen-bond donors (Lipinski definition) is 2. The van der Waals surface area contributed by atoms with Gasteiger partial charge in [0.15, 0.2) is 6.10 Å². The van der Waals surface area contributed by atoms with Crippen LogP contribution in [0.3, 0.4) is 0 Å². The highest BCUT2D eigenvalue weighted by Gasteiger charge is 2.35. The second-order valence-electron chi connectivity index (χ2n) is 9.38. The summed E-state index contributed by atoms with van der Waals surface area (Å²) in [5.41, 5.74) is 5.77. The maximum absolute atomic E-state index is 13.0. The lowest BCUT2D eigenvalue weighted by atomic mass is 9.75. The first-order chi connectivity index (χ1) is 15.1. The molecule has 0 saturated heterocycles. The minimum atomic E-state index is -1.26. The number of aromatic nitrogens is 1. The van der Waals surface area contributed by atoms with Crippen LogP contribution in [0.1, 0.15) is 54.5 Å².